The number of carbonyl (C=O) groups is 1. The van der Waals surface area contributed by atoms with Gasteiger partial charge < -0.3 is 11.1 Å². The molecule has 0 unspecified atom stereocenters. The van der Waals surface area contributed by atoms with E-state index in [1.54, 1.807) is 5.38 Å². The monoisotopic (exact) mass is 329 g/mol. The molecule has 0 saturated heterocycles. The maximum Gasteiger partial charge on any atom is 0.418 e. The molecule has 118 valence electrons. The maximum absolute atomic E-state index is 12.8. The van der Waals surface area contributed by atoms with Crippen molar-refractivity contribution in [2.24, 2.45) is 5.73 Å². The Balaban J connectivity index is 2.06. The van der Waals surface area contributed by atoms with E-state index in [1.165, 1.54) is 29.5 Å². The summed E-state index contributed by atoms with van der Waals surface area (Å²) in [5.41, 5.74) is 4.81. The first kappa shape index (κ1) is 16.4. The summed E-state index contributed by atoms with van der Waals surface area (Å²) < 4.78 is 38.5. The molecular formula is C14H14F3N3OS. The van der Waals surface area contributed by atoms with Crippen LogP contribution in [0.2, 0.25) is 0 Å². The zero-order valence-corrected chi connectivity index (χ0v) is 12.3. The highest BCUT2D eigenvalue weighted by molar-refractivity contribution is 7.09. The van der Waals surface area contributed by atoms with E-state index < -0.39 is 17.6 Å². The number of hydrogen-bond donors (Lipinski definition) is 2. The number of hydrogen-bond acceptors (Lipinski definition) is 4. The zero-order chi connectivity index (χ0) is 16.2. The predicted molar refractivity (Wildman–Crippen MR) is 78.7 cm³/mol. The minimum absolute atomic E-state index is 0.0761. The van der Waals surface area contributed by atoms with Gasteiger partial charge in [-0.25, -0.2) is 4.98 Å². The first-order chi connectivity index (χ1) is 10.4. The molecule has 4 nitrogen and oxygen atoms in total. The van der Waals surface area contributed by atoms with E-state index >= 15 is 0 Å². The molecule has 0 radical (unpaired) electrons. The molecule has 0 bridgehead atoms. The Bertz CT molecular complexity index is 655. The normalized spacial score (nSPS) is 11.5. The van der Waals surface area contributed by atoms with E-state index in [0.717, 1.165) is 11.1 Å². The predicted octanol–water partition coefficient (Wildman–Crippen LogP) is 2.84. The molecule has 0 aliphatic carbocycles. The van der Waals surface area contributed by atoms with Crippen LogP contribution in [0.5, 0.6) is 0 Å². The molecule has 1 aromatic carbocycles. The van der Waals surface area contributed by atoms with Gasteiger partial charge in [0.05, 0.1) is 28.4 Å². The van der Waals surface area contributed by atoms with Crippen LogP contribution in [0.15, 0.2) is 29.6 Å². The summed E-state index contributed by atoms with van der Waals surface area (Å²) in [5, 5.41) is 4.80. The number of nitrogens with one attached hydrogen (secondary N) is 1. The number of thiazole rings is 1. The fraction of sp³-hybridized carbons (Fsp3) is 0.286. The number of nitrogens with zero attached hydrogens (tertiary/aromatic N) is 1. The molecule has 0 aliphatic rings. The second kappa shape index (κ2) is 6.89. The van der Waals surface area contributed by atoms with Gasteiger partial charge in [0.1, 0.15) is 0 Å². The lowest BCUT2D eigenvalue weighted by Crippen LogP contribution is -2.18. The third kappa shape index (κ3) is 4.28. The number of alkyl halides is 3. The summed E-state index contributed by atoms with van der Waals surface area (Å²) in [4.78, 5) is 16.1. The van der Waals surface area contributed by atoms with Crippen LogP contribution in [-0.2, 0) is 23.8 Å². The molecule has 0 aliphatic heterocycles. The molecular weight excluding hydrogens is 315 g/mol. The number of anilines is 1. The van der Waals surface area contributed by atoms with Crippen LogP contribution in [0, 0.1) is 0 Å². The fourth-order valence-electron chi connectivity index (χ4n) is 1.87. The van der Waals surface area contributed by atoms with Gasteiger partial charge in [0.2, 0.25) is 5.91 Å². The molecule has 0 spiro atoms. The summed E-state index contributed by atoms with van der Waals surface area (Å²) in [5.74, 6) is -0.540. The Kier molecular flexibility index (Phi) is 5.15. The van der Waals surface area contributed by atoms with Gasteiger partial charge in [-0.1, -0.05) is 12.1 Å². The quantitative estimate of drug-likeness (QED) is 0.886. The summed E-state index contributed by atoms with van der Waals surface area (Å²) >= 11 is 1.38. The first-order valence-corrected chi connectivity index (χ1v) is 7.37. The molecule has 3 N–H and O–H groups in total. The maximum atomic E-state index is 12.8. The van der Waals surface area contributed by atoms with Crippen LogP contribution in [0.1, 0.15) is 16.3 Å². The van der Waals surface area contributed by atoms with Crippen molar-refractivity contribution < 1.29 is 18.0 Å². The standard InChI is InChI=1S/C14H14F3N3OS/c15-14(16,17)10-3-1-2-4-11(10)20-12(21)7-9-8-22-13(19-9)5-6-18/h1-4,8H,5-7,18H2,(H,20,21). The topological polar surface area (TPSA) is 68.0 Å². The van der Waals surface area contributed by atoms with E-state index in [-0.39, 0.29) is 12.1 Å². The van der Waals surface area contributed by atoms with Crippen LogP contribution < -0.4 is 11.1 Å². The SMILES string of the molecule is NCCc1nc(CC(=O)Nc2ccccc2C(F)(F)F)cs1. The highest BCUT2D eigenvalue weighted by Crippen LogP contribution is 2.34. The average molecular weight is 329 g/mol. The largest absolute Gasteiger partial charge is 0.418 e. The molecule has 8 heteroatoms. The Morgan fingerprint density at radius 1 is 1.32 bits per heavy atom. The summed E-state index contributed by atoms with van der Waals surface area (Å²) in [6, 6.07) is 4.87. The molecule has 2 aromatic rings. The van der Waals surface area contributed by atoms with Crippen molar-refractivity contribution in [1.29, 1.82) is 0 Å². The van der Waals surface area contributed by atoms with Gasteiger partial charge in [-0.15, -0.1) is 11.3 Å². The van der Waals surface area contributed by atoms with E-state index in [2.05, 4.69) is 10.3 Å². The van der Waals surface area contributed by atoms with Crippen molar-refractivity contribution in [3.8, 4) is 0 Å². The summed E-state index contributed by atoms with van der Waals surface area (Å²) in [6.07, 6.45) is -3.98. The van der Waals surface area contributed by atoms with Gasteiger partial charge in [0.15, 0.2) is 0 Å². The Labute approximate surface area is 129 Å². The highest BCUT2D eigenvalue weighted by atomic mass is 32.1. The number of benzene rings is 1. The second-order valence-corrected chi connectivity index (χ2v) is 5.48. The van der Waals surface area contributed by atoms with Gasteiger partial charge in [-0.05, 0) is 18.7 Å². The van der Waals surface area contributed by atoms with Crippen molar-refractivity contribution >= 4 is 22.9 Å². The van der Waals surface area contributed by atoms with Crippen molar-refractivity contribution in [3.05, 3.63) is 45.9 Å². The van der Waals surface area contributed by atoms with Gasteiger partial charge >= 0.3 is 6.18 Å². The smallest absolute Gasteiger partial charge is 0.330 e. The fourth-order valence-corrected chi connectivity index (χ4v) is 2.68. The van der Waals surface area contributed by atoms with E-state index in [0.29, 0.717) is 18.7 Å². The molecule has 1 aromatic heterocycles. The van der Waals surface area contributed by atoms with Crippen LogP contribution in [0.4, 0.5) is 18.9 Å². The van der Waals surface area contributed by atoms with Crippen LogP contribution >= 0.6 is 11.3 Å². The highest BCUT2D eigenvalue weighted by Gasteiger charge is 2.33. The van der Waals surface area contributed by atoms with Gasteiger partial charge in [0, 0.05) is 11.8 Å². The molecule has 1 heterocycles. The number of amides is 1. The van der Waals surface area contributed by atoms with Gasteiger partial charge in [0.25, 0.3) is 0 Å². The number of aromatic nitrogens is 1. The average Bonchev–Trinajstić information content (AvgIpc) is 2.85. The first-order valence-electron chi connectivity index (χ1n) is 6.49. The number of carbonyl (C=O) groups excluding carboxylic acids is 1. The Hall–Kier alpha value is -1.93. The van der Waals surface area contributed by atoms with Crippen molar-refractivity contribution in [2.75, 3.05) is 11.9 Å². The van der Waals surface area contributed by atoms with Crippen molar-refractivity contribution in [3.63, 3.8) is 0 Å². The zero-order valence-electron chi connectivity index (χ0n) is 11.5. The Morgan fingerprint density at radius 2 is 2.05 bits per heavy atom. The molecule has 1 amide bonds. The summed E-state index contributed by atoms with van der Waals surface area (Å²) in [6.45, 7) is 0.456. The van der Waals surface area contributed by atoms with E-state index in [4.69, 9.17) is 5.73 Å². The number of para-hydroxylation sites is 1. The lowest BCUT2D eigenvalue weighted by molar-refractivity contribution is -0.137. The molecule has 0 fully saturated rings. The van der Waals surface area contributed by atoms with Crippen LogP contribution in [0.25, 0.3) is 0 Å². The molecule has 22 heavy (non-hydrogen) atoms. The molecule has 0 atom stereocenters. The second-order valence-electron chi connectivity index (χ2n) is 4.54. The molecule has 2 rings (SSSR count). The number of halogens is 3. The number of nitrogens with two attached hydrogens (primary N) is 1. The minimum Gasteiger partial charge on any atom is -0.330 e. The summed E-state index contributed by atoms with van der Waals surface area (Å²) in [7, 11) is 0. The van der Waals surface area contributed by atoms with Gasteiger partial charge in [-0.3, -0.25) is 4.79 Å². The van der Waals surface area contributed by atoms with E-state index in [1.807, 2.05) is 0 Å². The van der Waals surface area contributed by atoms with Crippen LogP contribution in [0.3, 0.4) is 0 Å². The minimum atomic E-state index is -4.52. The number of rotatable bonds is 5. The van der Waals surface area contributed by atoms with Crippen molar-refractivity contribution in [2.45, 2.75) is 19.0 Å². The van der Waals surface area contributed by atoms with Gasteiger partial charge in [-0.2, -0.15) is 13.2 Å². The lowest BCUT2D eigenvalue weighted by Gasteiger charge is -2.13. The molecule has 0 saturated carbocycles. The third-order valence-electron chi connectivity index (χ3n) is 2.81. The van der Waals surface area contributed by atoms with E-state index in [9.17, 15) is 18.0 Å². The third-order valence-corrected chi connectivity index (χ3v) is 3.76. The Morgan fingerprint density at radius 3 is 2.73 bits per heavy atom. The lowest BCUT2D eigenvalue weighted by atomic mass is 10.1. The van der Waals surface area contributed by atoms with Crippen molar-refractivity contribution in [1.82, 2.24) is 4.98 Å². The van der Waals surface area contributed by atoms with Crippen LogP contribution in [-0.4, -0.2) is 17.4 Å².